The van der Waals surface area contributed by atoms with Crippen LogP contribution in [0, 0.1) is 0 Å². The molecule has 0 aromatic heterocycles. The highest BCUT2D eigenvalue weighted by Gasteiger charge is 2.20. The summed E-state index contributed by atoms with van der Waals surface area (Å²) in [6.45, 7) is 5.41. The monoisotopic (exact) mass is 275 g/mol. The molecule has 0 saturated carbocycles. The summed E-state index contributed by atoms with van der Waals surface area (Å²) < 4.78 is 0. The van der Waals surface area contributed by atoms with Crippen molar-refractivity contribution in [1.29, 1.82) is 0 Å². The Balaban J connectivity index is 1.71. The number of carbonyl (C=O) groups is 1. The molecule has 1 aromatic carbocycles. The van der Waals surface area contributed by atoms with Crippen molar-refractivity contribution in [3.63, 3.8) is 0 Å². The standard InChI is InChI=1S/C14H21N5O/c1-18-7-9-19(10-8-18)17-14(20)11-3-2-4-12-13(11)16-6-5-15-12/h2-4,15-16H,5-10H2,1H3,(H,17,20). The fraction of sp³-hybridized carbons (Fsp3) is 0.500. The van der Waals surface area contributed by atoms with Gasteiger partial charge in [-0.25, -0.2) is 5.01 Å². The lowest BCUT2D eigenvalue weighted by Crippen LogP contribution is -2.52. The Morgan fingerprint density at radius 3 is 2.70 bits per heavy atom. The van der Waals surface area contributed by atoms with Crippen molar-refractivity contribution in [3.05, 3.63) is 23.8 Å². The highest BCUT2D eigenvalue weighted by Crippen LogP contribution is 2.28. The van der Waals surface area contributed by atoms with Crippen LogP contribution in [0.25, 0.3) is 0 Å². The summed E-state index contributed by atoms with van der Waals surface area (Å²) in [5.74, 6) is -0.0393. The second kappa shape index (κ2) is 5.68. The smallest absolute Gasteiger partial charge is 0.267 e. The lowest BCUT2D eigenvalue weighted by molar-refractivity contribution is 0.0663. The zero-order valence-corrected chi connectivity index (χ0v) is 11.8. The van der Waals surface area contributed by atoms with E-state index in [1.54, 1.807) is 0 Å². The quantitative estimate of drug-likeness (QED) is 0.730. The summed E-state index contributed by atoms with van der Waals surface area (Å²) >= 11 is 0. The molecular weight excluding hydrogens is 254 g/mol. The van der Waals surface area contributed by atoms with E-state index >= 15 is 0 Å². The molecule has 2 aliphatic rings. The van der Waals surface area contributed by atoms with E-state index in [-0.39, 0.29) is 5.91 Å². The molecule has 6 heteroatoms. The van der Waals surface area contributed by atoms with Crippen molar-refractivity contribution in [2.45, 2.75) is 0 Å². The Bertz CT molecular complexity index is 496. The first kappa shape index (κ1) is 13.2. The average Bonchev–Trinajstić information content (AvgIpc) is 2.49. The van der Waals surface area contributed by atoms with Crippen molar-refractivity contribution in [3.8, 4) is 0 Å². The van der Waals surface area contributed by atoms with Gasteiger partial charge in [0, 0.05) is 39.3 Å². The van der Waals surface area contributed by atoms with Gasteiger partial charge in [-0.05, 0) is 19.2 Å². The number of hydrogen-bond donors (Lipinski definition) is 3. The first-order valence-electron chi connectivity index (χ1n) is 7.09. The molecule has 3 rings (SSSR count). The highest BCUT2D eigenvalue weighted by molar-refractivity contribution is 6.02. The van der Waals surface area contributed by atoms with Crippen LogP contribution in [0.15, 0.2) is 18.2 Å². The van der Waals surface area contributed by atoms with E-state index in [4.69, 9.17) is 0 Å². The third-order valence-electron chi connectivity index (χ3n) is 3.81. The van der Waals surface area contributed by atoms with E-state index in [9.17, 15) is 4.79 Å². The van der Waals surface area contributed by atoms with Crippen LogP contribution in [0.3, 0.4) is 0 Å². The van der Waals surface area contributed by atoms with Crippen LogP contribution < -0.4 is 16.1 Å². The minimum Gasteiger partial charge on any atom is -0.382 e. The molecule has 0 radical (unpaired) electrons. The number of hydrogen-bond acceptors (Lipinski definition) is 5. The molecule has 1 saturated heterocycles. The van der Waals surface area contributed by atoms with Crippen molar-refractivity contribution >= 4 is 17.3 Å². The van der Waals surface area contributed by atoms with Gasteiger partial charge in [-0.15, -0.1) is 0 Å². The van der Waals surface area contributed by atoms with Gasteiger partial charge in [-0.2, -0.15) is 0 Å². The largest absolute Gasteiger partial charge is 0.382 e. The maximum Gasteiger partial charge on any atom is 0.267 e. The van der Waals surface area contributed by atoms with E-state index in [2.05, 4.69) is 28.0 Å². The molecule has 108 valence electrons. The Labute approximate surface area is 119 Å². The number of nitrogens with one attached hydrogen (secondary N) is 3. The van der Waals surface area contributed by atoms with E-state index in [0.29, 0.717) is 5.56 Å². The van der Waals surface area contributed by atoms with Crippen LogP contribution in [-0.2, 0) is 0 Å². The molecule has 0 atom stereocenters. The van der Waals surface area contributed by atoms with Gasteiger partial charge in [0.2, 0.25) is 0 Å². The molecule has 0 aliphatic carbocycles. The normalized spacial score (nSPS) is 19.6. The number of amides is 1. The fourth-order valence-electron chi connectivity index (χ4n) is 2.59. The van der Waals surface area contributed by atoms with Crippen LogP contribution >= 0.6 is 0 Å². The van der Waals surface area contributed by atoms with Gasteiger partial charge in [-0.1, -0.05) is 6.07 Å². The maximum absolute atomic E-state index is 12.4. The predicted octanol–water partition coefficient (Wildman–Crippen LogP) is 0.416. The van der Waals surface area contributed by atoms with Gasteiger partial charge < -0.3 is 15.5 Å². The Morgan fingerprint density at radius 2 is 1.90 bits per heavy atom. The number of rotatable bonds is 2. The lowest BCUT2D eigenvalue weighted by atomic mass is 10.1. The van der Waals surface area contributed by atoms with Gasteiger partial charge in [0.15, 0.2) is 0 Å². The molecule has 2 heterocycles. The molecule has 0 spiro atoms. The van der Waals surface area contributed by atoms with Crippen LogP contribution in [-0.4, -0.2) is 62.1 Å². The van der Waals surface area contributed by atoms with Crippen molar-refractivity contribution < 1.29 is 4.79 Å². The van der Waals surface area contributed by atoms with Crippen molar-refractivity contribution in [1.82, 2.24) is 15.3 Å². The molecule has 0 unspecified atom stereocenters. The third kappa shape index (κ3) is 2.71. The molecule has 20 heavy (non-hydrogen) atoms. The topological polar surface area (TPSA) is 59.6 Å². The first-order chi connectivity index (χ1) is 9.74. The predicted molar refractivity (Wildman–Crippen MR) is 80.0 cm³/mol. The summed E-state index contributed by atoms with van der Waals surface area (Å²) in [6.07, 6.45) is 0. The minimum absolute atomic E-state index is 0.0393. The summed E-state index contributed by atoms with van der Waals surface area (Å²) in [5.41, 5.74) is 5.62. The number of benzene rings is 1. The third-order valence-corrected chi connectivity index (χ3v) is 3.81. The number of para-hydroxylation sites is 1. The maximum atomic E-state index is 12.4. The molecule has 1 amide bonds. The fourth-order valence-corrected chi connectivity index (χ4v) is 2.59. The van der Waals surface area contributed by atoms with E-state index < -0.39 is 0 Å². The number of piperazine rings is 1. The lowest BCUT2D eigenvalue weighted by Gasteiger charge is -2.32. The van der Waals surface area contributed by atoms with Gasteiger partial charge in [-0.3, -0.25) is 10.2 Å². The molecule has 1 fully saturated rings. The number of fused-ring (bicyclic) bond motifs is 1. The van der Waals surface area contributed by atoms with Crippen LogP contribution in [0.2, 0.25) is 0 Å². The average molecular weight is 275 g/mol. The Morgan fingerprint density at radius 1 is 1.15 bits per heavy atom. The molecule has 0 bridgehead atoms. The molecule has 6 nitrogen and oxygen atoms in total. The first-order valence-corrected chi connectivity index (χ1v) is 7.09. The molecular formula is C14H21N5O. The highest BCUT2D eigenvalue weighted by atomic mass is 16.2. The molecule has 2 aliphatic heterocycles. The number of carbonyl (C=O) groups excluding carboxylic acids is 1. The zero-order chi connectivity index (χ0) is 13.9. The second-order valence-electron chi connectivity index (χ2n) is 5.31. The second-order valence-corrected chi connectivity index (χ2v) is 5.31. The molecule has 3 N–H and O–H groups in total. The zero-order valence-electron chi connectivity index (χ0n) is 11.8. The minimum atomic E-state index is -0.0393. The van der Waals surface area contributed by atoms with E-state index in [1.165, 1.54) is 0 Å². The summed E-state index contributed by atoms with van der Waals surface area (Å²) in [7, 11) is 2.10. The van der Waals surface area contributed by atoms with Crippen LogP contribution in [0.4, 0.5) is 11.4 Å². The van der Waals surface area contributed by atoms with Gasteiger partial charge in [0.05, 0.1) is 16.9 Å². The number of anilines is 2. The van der Waals surface area contributed by atoms with Gasteiger partial charge >= 0.3 is 0 Å². The van der Waals surface area contributed by atoms with Crippen LogP contribution in [0.5, 0.6) is 0 Å². The van der Waals surface area contributed by atoms with Gasteiger partial charge in [0.1, 0.15) is 0 Å². The van der Waals surface area contributed by atoms with Crippen molar-refractivity contribution in [2.75, 3.05) is 56.9 Å². The number of hydrazine groups is 1. The number of likely N-dealkylation sites (N-methyl/N-ethyl adjacent to an activating group) is 1. The summed E-state index contributed by atoms with van der Waals surface area (Å²) in [6, 6.07) is 5.77. The Kier molecular flexibility index (Phi) is 3.75. The Hall–Kier alpha value is -1.79. The molecule has 1 aromatic rings. The summed E-state index contributed by atoms with van der Waals surface area (Å²) in [4.78, 5) is 14.7. The van der Waals surface area contributed by atoms with E-state index in [0.717, 1.165) is 50.6 Å². The van der Waals surface area contributed by atoms with Crippen molar-refractivity contribution in [2.24, 2.45) is 0 Å². The van der Waals surface area contributed by atoms with Gasteiger partial charge in [0.25, 0.3) is 5.91 Å². The van der Waals surface area contributed by atoms with E-state index in [1.807, 2.05) is 23.2 Å². The SMILES string of the molecule is CN1CCN(NC(=O)c2cccc3c2NCCN3)CC1. The van der Waals surface area contributed by atoms with Crippen LogP contribution in [0.1, 0.15) is 10.4 Å². The summed E-state index contributed by atoms with van der Waals surface area (Å²) in [5, 5.41) is 8.61. The number of nitrogens with zero attached hydrogens (tertiary/aromatic N) is 2.